The van der Waals surface area contributed by atoms with Crippen LogP contribution in [-0.2, 0) is 22.5 Å². The van der Waals surface area contributed by atoms with Gasteiger partial charge in [-0.05, 0) is 65.7 Å². The number of esters is 1. The maximum Gasteiger partial charge on any atom is 0.326 e. The standard InChI is InChI=1S/C19H25BrN2O2/c1-3-14-10-11-15-17(13-8-6-5-7-9-13)18(20)22(19(15)21-14)12-16(23)24-4-2/h10-11,13H,3-9,12H2,1-2H3. The van der Waals surface area contributed by atoms with Crippen LogP contribution in [0.25, 0.3) is 11.0 Å². The van der Waals surface area contributed by atoms with E-state index in [0.29, 0.717) is 12.5 Å². The summed E-state index contributed by atoms with van der Waals surface area (Å²) in [5.74, 6) is 0.336. The normalized spacial score (nSPS) is 15.8. The molecule has 1 aliphatic rings. The predicted molar refractivity (Wildman–Crippen MR) is 99.3 cm³/mol. The van der Waals surface area contributed by atoms with Crippen LogP contribution in [0.3, 0.4) is 0 Å². The van der Waals surface area contributed by atoms with Crippen LogP contribution in [0.4, 0.5) is 0 Å². The monoisotopic (exact) mass is 392 g/mol. The average Bonchev–Trinajstić information content (AvgIpc) is 2.87. The van der Waals surface area contributed by atoms with Crippen molar-refractivity contribution in [2.75, 3.05) is 6.61 Å². The van der Waals surface area contributed by atoms with Gasteiger partial charge in [0, 0.05) is 11.1 Å². The molecule has 0 aliphatic heterocycles. The molecule has 0 amide bonds. The highest BCUT2D eigenvalue weighted by Crippen LogP contribution is 2.41. The van der Waals surface area contributed by atoms with Crippen LogP contribution in [-0.4, -0.2) is 22.1 Å². The summed E-state index contributed by atoms with van der Waals surface area (Å²) in [6.07, 6.45) is 7.20. The molecule has 0 radical (unpaired) electrons. The SMILES string of the molecule is CCOC(=O)Cn1c(Br)c(C2CCCCC2)c2ccc(CC)nc21. The molecule has 0 saturated heterocycles. The fraction of sp³-hybridized carbons (Fsp3) is 0.579. The fourth-order valence-corrected chi connectivity index (χ4v) is 4.54. The predicted octanol–water partition coefficient (Wildman–Crippen LogP) is 4.97. The summed E-state index contributed by atoms with van der Waals surface area (Å²) in [5.41, 5.74) is 3.27. The molecular formula is C19H25BrN2O2. The second-order valence-electron chi connectivity index (χ2n) is 6.46. The molecule has 2 aromatic heterocycles. The largest absolute Gasteiger partial charge is 0.465 e. The first-order chi connectivity index (χ1) is 11.7. The van der Waals surface area contributed by atoms with Gasteiger partial charge in [0.25, 0.3) is 0 Å². The quantitative estimate of drug-likeness (QED) is 0.674. The number of aromatic nitrogens is 2. The van der Waals surface area contributed by atoms with E-state index in [2.05, 4.69) is 35.0 Å². The molecule has 1 aliphatic carbocycles. The maximum absolute atomic E-state index is 12.1. The van der Waals surface area contributed by atoms with Crippen LogP contribution >= 0.6 is 15.9 Å². The first kappa shape index (κ1) is 17.5. The van der Waals surface area contributed by atoms with E-state index in [-0.39, 0.29) is 12.5 Å². The number of rotatable bonds is 5. The summed E-state index contributed by atoms with van der Waals surface area (Å²) in [6.45, 7) is 4.54. The van der Waals surface area contributed by atoms with Crippen LogP contribution in [0, 0.1) is 0 Å². The average molecular weight is 393 g/mol. The Balaban J connectivity index is 2.10. The van der Waals surface area contributed by atoms with Crippen molar-refractivity contribution in [3.05, 3.63) is 28.0 Å². The van der Waals surface area contributed by atoms with E-state index in [1.807, 2.05) is 11.5 Å². The highest BCUT2D eigenvalue weighted by atomic mass is 79.9. The van der Waals surface area contributed by atoms with Gasteiger partial charge in [0.1, 0.15) is 12.2 Å². The lowest BCUT2D eigenvalue weighted by molar-refractivity contribution is -0.143. The van der Waals surface area contributed by atoms with E-state index < -0.39 is 0 Å². The molecule has 4 nitrogen and oxygen atoms in total. The summed E-state index contributed by atoms with van der Waals surface area (Å²) >= 11 is 3.77. The third kappa shape index (κ3) is 3.37. The van der Waals surface area contributed by atoms with Crippen LogP contribution in [0.5, 0.6) is 0 Å². The third-order valence-electron chi connectivity index (χ3n) is 4.91. The smallest absolute Gasteiger partial charge is 0.326 e. The first-order valence-electron chi connectivity index (χ1n) is 8.98. The van der Waals surface area contributed by atoms with Gasteiger partial charge >= 0.3 is 5.97 Å². The Morgan fingerprint density at radius 3 is 2.71 bits per heavy atom. The Bertz CT molecular complexity index is 733. The van der Waals surface area contributed by atoms with E-state index in [1.165, 1.54) is 43.1 Å². The highest BCUT2D eigenvalue weighted by molar-refractivity contribution is 9.10. The molecule has 2 aromatic rings. The van der Waals surface area contributed by atoms with E-state index in [4.69, 9.17) is 9.72 Å². The molecule has 0 aromatic carbocycles. The van der Waals surface area contributed by atoms with E-state index >= 15 is 0 Å². The van der Waals surface area contributed by atoms with Crippen LogP contribution in [0.2, 0.25) is 0 Å². The van der Waals surface area contributed by atoms with Gasteiger partial charge in [-0.15, -0.1) is 0 Å². The number of halogens is 1. The van der Waals surface area contributed by atoms with E-state index in [1.54, 1.807) is 0 Å². The summed E-state index contributed by atoms with van der Waals surface area (Å²) < 4.78 is 8.13. The van der Waals surface area contributed by atoms with Crippen molar-refractivity contribution < 1.29 is 9.53 Å². The zero-order valence-electron chi connectivity index (χ0n) is 14.5. The number of fused-ring (bicyclic) bond motifs is 1. The lowest BCUT2D eigenvalue weighted by atomic mass is 9.84. The lowest BCUT2D eigenvalue weighted by Gasteiger charge is -2.22. The zero-order chi connectivity index (χ0) is 17.1. The van der Waals surface area contributed by atoms with Gasteiger partial charge < -0.3 is 9.30 Å². The Kier molecular flexibility index (Phi) is 5.59. The van der Waals surface area contributed by atoms with Gasteiger partial charge in [-0.1, -0.05) is 26.2 Å². The first-order valence-corrected chi connectivity index (χ1v) is 9.78. The topological polar surface area (TPSA) is 44.1 Å². The molecule has 1 saturated carbocycles. The van der Waals surface area contributed by atoms with Crippen molar-refractivity contribution in [3.8, 4) is 0 Å². The van der Waals surface area contributed by atoms with Gasteiger partial charge in [-0.2, -0.15) is 0 Å². The molecule has 0 N–H and O–H groups in total. The third-order valence-corrected chi connectivity index (χ3v) is 5.76. The van der Waals surface area contributed by atoms with Gasteiger partial charge in [-0.3, -0.25) is 4.79 Å². The van der Waals surface area contributed by atoms with Crippen molar-refractivity contribution in [2.45, 2.75) is 64.8 Å². The zero-order valence-corrected chi connectivity index (χ0v) is 16.1. The lowest BCUT2D eigenvalue weighted by Crippen LogP contribution is -2.14. The molecule has 24 heavy (non-hydrogen) atoms. The van der Waals surface area contributed by atoms with Crippen molar-refractivity contribution in [1.82, 2.24) is 9.55 Å². The number of nitrogens with zero attached hydrogens (tertiary/aromatic N) is 2. The molecule has 0 unspecified atom stereocenters. The van der Waals surface area contributed by atoms with Gasteiger partial charge in [0.15, 0.2) is 0 Å². The van der Waals surface area contributed by atoms with Crippen LogP contribution in [0.1, 0.15) is 63.1 Å². The van der Waals surface area contributed by atoms with Crippen LogP contribution in [0.15, 0.2) is 16.7 Å². The second kappa shape index (κ2) is 7.68. The molecule has 130 valence electrons. The maximum atomic E-state index is 12.1. The molecular weight excluding hydrogens is 368 g/mol. The van der Waals surface area contributed by atoms with Crippen molar-refractivity contribution in [1.29, 1.82) is 0 Å². The Morgan fingerprint density at radius 2 is 2.04 bits per heavy atom. The van der Waals surface area contributed by atoms with Crippen molar-refractivity contribution in [2.24, 2.45) is 0 Å². The van der Waals surface area contributed by atoms with Gasteiger partial charge in [0.2, 0.25) is 0 Å². The van der Waals surface area contributed by atoms with Crippen LogP contribution < -0.4 is 0 Å². The minimum atomic E-state index is -0.214. The number of hydrogen-bond donors (Lipinski definition) is 0. The number of carbonyl (C=O) groups excluding carboxylic acids is 1. The second-order valence-corrected chi connectivity index (χ2v) is 7.21. The van der Waals surface area contributed by atoms with Crippen molar-refractivity contribution in [3.63, 3.8) is 0 Å². The van der Waals surface area contributed by atoms with E-state index in [9.17, 15) is 4.79 Å². The number of pyridine rings is 1. The number of ether oxygens (including phenoxy) is 1. The Hall–Kier alpha value is -1.36. The number of hydrogen-bond acceptors (Lipinski definition) is 3. The molecule has 3 rings (SSSR count). The molecule has 5 heteroatoms. The Morgan fingerprint density at radius 1 is 1.29 bits per heavy atom. The molecule has 2 heterocycles. The molecule has 0 bridgehead atoms. The summed E-state index contributed by atoms with van der Waals surface area (Å²) in [4.78, 5) is 16.9. The summed E-state index contributed by atoms with van der Waals surface area (Å²) in [6, 6.07) is 4.29. The van der Waals surface area contributed by atoms with Gasteiger partial charge in [0.05, 0.1) is 11.2 Å². The fourth-order valence-electron chi connectivity index (χ4n) is 3.71. The van der Waals surface area contributed by atoms with E-state index in [0.717, 1.165) is 22.4 Å². The highest BCUT2D eigenvalue weighted by Gasteiger charge is 2.26. The summed E-state index contributed by atoms with van der Waals surface area (Å²) in [7, 11) is 0. The van der Waals surface area contributed by atoms with Gasteiger partial charge in [-0.25, -0.2) is 4.98 Å². The molecule has 0 spiro atoms. The minimum Gasteiger partial charge on any atom is -0.465 e. The molecule has 0 atom stereocenters. The number of carbonyl (C=O) groups is 1. The van der Waals surface area contributed by atoms with Crippen molar-refractivity contribution >= 4 is 32.9 Å². The Labute approximate surface area is 151 Å². The minimum absolute atomic E-state index is 0.206. The summed E-state index contributed by atoms with van der Waals surface area (Å²) in [5, 5.41) is 1.18. The number of aryl methyl sites for hydroxylation is 1. The molecule has 1 fully saturated rings.